The lowest BCUT2D eigenvalue weighted by atomic mass is 10.0. The number of rotatable bonds is 10. The van der Waals surface area contributed by atoms with Crippen LogP contribution >= 0.6 is 11.6 Å². The SMILES string of the molecule is O=C(NCCO)[C@@H](Cc1ccccc1)N(Cc1ccc(Cl)cc1)C(=O)Cc1ccccc1. The van der Waals surface area contributed by atoms with Gasteiger partial charge < -0.3 is 15.3 Å². The number of hydrogen-bond donors (Lipinski definition) is 2. The zero-order chi connectivity index (χ0) is 22.8. The molecule has 0 aliphatic carbocycles. The zero-order valence-corrected chi connectivity index (χ0v) is 18.5. The Morgan fingerprint density at radius 3 is 2.03 bits per heavy atom. The summed E-state index contributed by atoms with van der Waals surface area (Å²) in [5.41, 5.74) is 2.71. The van der Waals surface area contributed by atoms with Crippen LogP contribution in [0.25, 0.3) is 0 Å². The molecule has 0 saturated carbocycles. The van der Waals surface area contributed by atoms with E-state index in [1.54, 1.807) is 17.0 Å². The van der Waals surface area contributed by atoms with Gasteiger partial charge in [0.15, 0.2) is 0 Å². The summed E-state index contributed by atoms with van der Waals surface area (Å²) in [5, 5.41) is 12.5. The molecule has 0 aliphatic rings. The average Bonchev–Trinajstić information content (AvgIpc) is 2.82. The van der Waals surface area contributed by atoms with Gasteiger partial charge >= 0.3 is 0 Å². The molecule has 1 atom stereocenters. The first-order chi connectivity index (χ1) is 15.6. The summed E-state index contributed by atoms with van der Waals surface area (Å²) in [7, 11) is 0. The van der Waals surface area contributed by atoms with Crippen molar-refractivity contribution in [1.29, 1.82) is 0 Å². The first-order valence-electron chi connectivity index (χ1n) is 10.6. The number of aliphatic hydroxyl groups is 1. The number of amides is 2. The maximum atomic E-state index is 13.5. The van der Waals surface area contributed by atoms with Crippen molar-refractivity contribution in [3.8, 4) is 0 Å². The van der Waals surface area contributed by atoms with Crippen LogP contribution in [-0.4, -0.2) is 41.0 Å². The molecule has 5 nitrogen and oxygen atoms in total. The standard InChI is InChI=1S/C26H27ClN2O3/c27-23-13-11-22(12-14-23)19-29(25(31)18-21-9-5-2-6-10-21)24(26(32)28-15-16-30)17-20-7-3-1-4-8-20/h1-14,24,30H,15-19H2,(H,28,32)/t24-/m1/s1. The molecule has 32 heavy (non-hydrogen) atoms. The predicted molar refractivity (Wildman–Crippen MR) is 126 cm³/mol. The summed E-state index contributed by atoms with van der Waals surface area (Å²) >= 11 is 6.03. The van der Waals surface area contributed by atoms with E-state index in [4.69, 9.17) is 11.6 Å². The Balaban J connectivity index is 1.93. The van der Waals surface area contributed by atoms with Gasteiger partial charge in [-0.05, 0) is 28.8 Å². The summed E-state index contributed by atoms with van der Waals surface area (Å²) in [4.78, 5) is 28.2. The Bertz CT molecular complexity index is 995. The van der Waals surface area contributed by atoms with Gasteiger partial charge in [-0.25, -0.2) is 0 Å². The van der Waals surface area contributed by atoms with Crippen LogP contribution in [0.5, 0.6) is 0 Å². The Morgan fingerprint density at radius 1 is 0.844 bits per heavy atom. The molecule has 3 rings (SSSR count). The van der Waals surface area contributed by atoms with Crippen LogP contribution in [0.1, 0.15) is 16.7 Å². The molecule has 0 aromatic heterocycles. The fraction of sp³-hybridized carbons (Fsp3) is 0.231. The van der Waals surface area contributed by atoms with Gasteiger partial charge in [0.1, 0.15) is 6.04 Å². The average molecular weight is 451 g/mol. The van der Waals surface area contributed by atoms with E-state index < -0.39 is 6.04 Å². The van der Waals surface area contributed by atoms with E-state index in [0.29, 0.717) is 11.4 Å². The lowest BCUT2D eigenvalue weighted by Gasteiger charge is -2.31. The van der Waals surface area contributed by atoms with Crippen molar-refractivity contribution in [2.75, 3.05) is 13.2 Å². The molecular weight excluding hydrogens is 424 g/mol. The van der Waals surface area contributed by atoms with Crippen LogP contribution in [-0.2, 0) is 29.0 Å². The van der Waals surface area contributed by atoms with E-state index >= 15 is 0 Å². The van der Waals surface area contributed by atoms with E-state index in [0.717, 1.165) is 16.7 Å². The molecule has 166 valence electrons. The maximum Gasteiger partial charge on any atom is 0.243 e. The number of hydrogen-bond acceptors (Lipinski definition) is 3. The van der Waals surface area contributed by atoms with Gasteiger partial charge in [0.25, 0.3) is 0 Å². The summed E-state index contributed by atoms with van der Waals surface area (Å²) < 4.78 is 0. The number of carbonyl (C=O) groups excluding carboxylic acids is 2. The van der Waals surface area contributed by atoms with Crippen LogP contribution in [0.15, 0.2) is 84.9 Å². The maximum absolute atomic E-state index is 13.5. The minimum absolute atomic E-state index is 0.131. The first-order valence-corrected chi connectivity index (χ1v) is 10.9. The van der Waals surface area contributed by atoms with Crippen molar-refractivity contribution in [2.45, 2.75) is 25.4 Å². The third-order valence-corrected chi connectivity index (χ3v) is 5.40. The number of halogens is 1. The van der Waals surface area contributed by atoms with E-state index in [9.17, 15) is 14.7 Å². The molecule has 3 aromatic carbocycles. The van der Waals surface area contributed by atoms with Gasteiger partial charge in [-0.3, -0.25) is 9.59 Å². The zero-order valence-electron chi connectivity index (χ0n) is 17.8. The number of aliphatic hydroxyl groups excluding tert-OH is 1. The quantitative estimate of drug-likeness (QED) is 0.495. The molecule has 0 saturated heterocycles. The lowest BCUT2D eigenvalue weighted by molar-refractivity contribution is -0.140. The summed E-state index contributed by atoms with van der Waals surface area (Å²) in [6.07, 6.45) is 0.555. The van der Waals surface area contributed by atoms with Crippen LogP contribution in [0, 0.1) is 0 Å². The van der Waals surface area contributed by atoms with E-state index in [-0.39, 0.29) is 37.9 Å². The molecule has 3 aromatic rings. The monoisotopic (exact) mass is 450 g/mol. The molecule has 2 N–H and O–H groups in total. The molecule has 0 aliphatic heterocycles. The number of benzene rings is 3. The highest BCUT2D eigenvalue weighted by Gasteiger charge is 2.30. The van der Waals surface area contributed by atoms with Crippen LogP contribution in [0.2, 0.25) is 5.02 Å². The van der Waals surface area contributed by atoms with Gasteiger partial charge in [0, 0.05) is 24.5 Å². The second kappa shape index (κ2) is 12.0. The molecule has 6 heteroatoms. The third kappa shape index (κ3) is 6.94. The second-order valence-corrected chi connectivity index (χ2v) is 7.97. The predicted octanol–water partition coefficient (Wildman–Crippen LogP) is 3.63. The summed E-state index contributed by atoms with van der Waals surface area (Å²) in [6, 6.07) is 25.6. The van der Waals surface area contributed by atoms with Gasteiger partial charge in [0.2, 0.25) is 11.8 Å². The van der Waals surface area contributed by atoms with Crippen molar-refractivity contribution in [2.24, 2.45) is 0 Å². The summed E-state index contributed by atoms with van der Waals surface area (Å²) in [5.74, 6) is -0.440. The van der Waals surface area contributed by atoms with Crippen molar-refractivity contribution in [1.82, 2.24) is 10.2 Å². The second-order valence-electron chi connectivity index (χ2n) is 7.53. The molecule has 0 unspecified atom stereocenters. The fourth-order valence-corrected chi connectivity index (χ4v) is 3.64. The molecule has 0 radical (unpaired) electrons. The van der Waals surface area contributed by atoms with Crippen molar-refractivity contribution in [3.05, 3.63) is 107 Å². The van der Waals surface area contributed by atoms with Gasteiger partial charge in [-0.2, -0.15) is 0 Å². The van der Waals surface area contributed by atoms with Gasteiger partial charge in [0.05, 0.1) is 13.0 Å². The minimum Gasteiger partial charge on any atom is -0.395 e. The van der Waals surface area contributed by atoms with Gasteiger partial charge in [-0.1, -0.05) is 84.4 Å². The minimum atomic E-state index is -0.726. The normalized spacial score (nSPS) is 11.6. The molecule has 0 heterocycles. The van der Waals surface area contributed by atoms with Crippen LogP contribution < -0.4 is 5.32 Å². The highest BCUT2D eigenvalue weighted by atomic mass is 35.5. The van der Waals surface area contributed by atoms with Crippen molar-refractivity contribution in [3.63, 3.8) is 0 Å². The fourth-order valence-electron chi connectivity index (χ4n) is 3.51. The number of nitrogens with one attached hydrogen (secondary N) is 1. The molecular formula is C26H27ClN2O3. The molecule has 0 fully saturated rings. The Morgan fingerprint density at radius 2 is 1.44 bits per heavy atom. The number of nitrogens with zero attached hydrogens (tertiary/aromatic N) is 1. The largest absolute Gasteiger partial charge is 0.395 e. The van der Waals surface area contributed by atoms with Crippen LogP contribution in [0.3, 0.4) is 0 Å². The summed E-state index contributed by atoms with van der Waals surface area (Å²) in [6.45, 7) is 0.234. The number of carbonyl (C=O) groups is 2. The Labute approximate surface area is 193 Å². The lowest BCUT2D eigenvalue weighted by Crippen LogP contribution is -2.51. The van der Waals surface area contributed by atoms with Crippen molar-refractivity contribution >= 4 is 23.4 Å². The first kappa shape index (κ1) is 23.5. The highest BCUT2D eigenvalue weighted by Crippen LogP contribution is 2.18. The molecule has 0 spiro atoms. The van der Waals surface area contributed by atoms with E-state index in [2.05, 4.69) is 5.32 Å². The Kier molecular flexibility index (Phi) is 8.84. The third-order valence-electron chi connectivity index (χ3n) is 5.15. The Hall–Kier alpha value is -3.15. The van der Waals surface area contributed by atoms with Crippen LogP contribution in [0.4, 0.5) is 0 Å². The van der Waals surface area contributed by atoms with Gasteiger partial charge in [-0.15, -0.1) is 0 Å². The molecule has 0 bridgehead atoms. The smallest absolute Gasteiger partial charge is 0.243 e. The van der Waals surface area contributed by atoms with E-state index in [1.807, 2.05) is 72.8 Å². The van der Waals surface area contributed by atoms with Crippen molar-refractivity contribution < 1.29 is 14.7 Å². The van der Waals surface area contributed by atoms with E-state index in [1.165, 1.54) is 0 Å². The topological polar surface area (TPSA) is 69.6 Å². The highest BCUT2D eigenvalue weighted by molar-refractivity contribution is 6.30. The molecule has 2 amide bonds.